The van der Waals surface area contributed by atoms with Crippen LogP contribution in [-0.2, 0) is 9.59 Å². The van der Waals surface area contributed by atoms with Crippen molar-refractivity contribution >= 4 is 63.0 Å². The fraction of sp³-hybridized carbons (Fsp3) is 0.917. The molecule has 0 fully saturated rings. The van der Waals surface area contributed by atoms with E-state index in [1.165, 1.54) is 101 Å². The smallest absolute Gasteiger partial charge is 0.303 e. The van der Waals surface area contributed by atoms with E-state index in [1.54, 1.807) is 0 Å². The van der Waals surface area contributed by atoms with E-state index in [1.807, 2.05) is 51.1 Å². The summed E-state index contributed by atoms with van der Waals surface area (Å²) in [6.45, 7) is 0. The Morgan fingerprint density at radius 2 is 0.667 bits per heavy atom. The molecule has 0 aliphatic carbocycles. The lowest BCUT2D eigenvalue weighted by atomic mass is 10.1. The molecule has 9 heteroatoms. The highest BCUT2D eigenvalue weighted by atomic mass is 33.8. The van der Waals surface area contributed by atoms with Crippen LogP contribution in [0.2, 0.25) is 0 Å². The number of carboxylic acids is 2. The van der Waals surface area contributed by atoms with Gasteiger partial charge in [-0.25, -0.2) is 0 Å². The molecule has 0 saturated heterocycles. The van der Waals surface area contributed by atoms with E-state index in [-0.39, 0.29) is 0 Å². The Bertz CT molecular complexity index is 403. The molecule has 0 spiro atoms. The summed E-state index contributed by atoms with van der Waals surface area (Å²) in [5.41, 5.74) is 0. The van der Waals surface area contributed by atoms with Crippen LogP contribution in [-0.4, -0.2) is 33.7 Å². The Labute approximate surface area is 221 Å². The second-order valence-corrected chi connectivity index (χ2v) is 16.5. The van der Waals surface area contributed by atoms with E-state index in [9.17, 15) is 9.59 Å². The summed E-state index contributed by atoms with van der Waals surface area (Å²) in [6, 6.07) is 0. The van der Waals surface area contributed by atoms with Gasteiger partial charge in [0.2, 0.25) is 0 Å². The summed E-state index contributed by atoms with van der Waals surface area (Å²) in [6.07, 6.45) is 22.6. The lowest BCUT2D eigenvalue weighted by Gasteiger charge is -2.03. The van der Waals surface area contributed by atoms with E-state index in [4.69, 9.17) is 10.2 Å². The Balaban J connectivity index is 3.02. The molecular weight excluding hydrogens is 513 g/mol. The van der Waals surface area contributed by atoms with Crippen LogP contribution in [0.5, 0.6) is 0 Å². The first-order valence-electron chi connectivity index (χ1n) is 12.8. The molecule has 0 radical (unpaired) electrons. The molecule has 0 rings (SSSR count). The van der Waals surface area contributed by atoms with Gasteiger partial charge in [0, 0.05) is 24.3 Å². The summed E-state index contributed by atoms with van der Waals surface area (Å²) < 4.78 is 0. The summed E-state index contributed by atoms with van der Waals surface area (Å²) in [4.78, 5) is 20.9. The highest BCUT2D eigenvalue weighted by Crippen LogP contribution is 2.48. The van der Waals surface area contributed by atoms with Crippen molar-refractivity contribution in [1.29, 1.82) is 0 Å². The molecule has 0 saturated carbocycles. The molecule has 0 atom stereocenters. The van der Waals surface area contributed by atoms with Gasteiger partial charge in [-0.05, 0) is 55.2 Å². The fourth-order valence-electron chi connectivity index (χ4n) is 3.47. The summed E-state index contributed by atoms with van der Waals surface area (Å²) >= 11 is 0. The Morgan fingerprint density at radius 1 is 0.394 bits per heavy atom. The number of rotatable bonds is 28. The molecule has 0 aromatic heterocycles. The van der Waals surface area contributed by atoms with Crippen molar-refractivity contribution in [1.82, 2.24) is 0 Å². The Hall–Kier alpha value is 0.690. The van der Waals surface area contributed by atoms with Gasteiger partial charge in [-0.1, -0.05) is 111 Å². The molecule has 4 nitrogen and oxygen atoms in total. The van der Waals surface area contributed by atoms with E-state index in [0.717, 1.165) is 25.7 Å². The first kappa shape index (κ1) is 33.7. The Morgan fingerprint density at radius 3 is 0.970 bits per heavy atom. The van der Waals surface area contributed by atoms with Gasteiger partial charge in [0.25, 0.3) is 0 Å². The number of aliphatic carboxylic acids is 2. The predicted octanol–water partition coefficient (Wildman–Crippen LogP) is 10.3. The molecule has 196 valence electrons. The van der Waals surface area contributed by atoms with Gasteiger partial charge in [-0.3, -0.25) is 9.59 Å². The monoisotopic (exact) mass is 558 g/mol. The first-order chi connectivity index (χ1) is 16.1. The van der Waals surface area contributed by atoms with Crippen LogP contribution >= 0.6 is 51.1 Å². The average molecular weight is 559 g/mol. The highest BCUT2D eigenvalue weighted by molar-refractivity contribution is 9.35. The van der Waals surface area contributed by atoms with Crippen molar-refractivity contribution in [3.8, 4) is 0 Å². The van der Waals surface area contributed by atoms with Crippen molar-refractivity contribution in [3.63, 3.8) is 0 Å². The predicted molar refractivity (Wildman–Crippen MR) is 155 cm³/mol. The fourth-order valence-corrected chi connectivity index (χ4v) is 12.5. The van der Waals surface area contributed by atoms with Gasteiger partial charge >= 0.3 is 11.9 Å². The average Bonchev–Trinajstić information content (AvgIpc) is 2.78. The van der Waals surface area contributed by atoms with Crippen LogP contribution in [0.3, 0.4) is 0 Å². The normalized spacial score (nSPS) is 11.2. The van der Waals surface area contributed by atoms with Crippen LogP contribution in [0, 0.1) is 0 Å². The topological polar surface area (TPSA) is 74.6 Å². The summed E-state index contributed by atoms with van der Waals surface area (Å²) in [5, 5.41) is 17.2. The van der Waals surface area contributed by atoms with E-state index >= 15 is 0 Å². The van der Waals surface area contributed by atoms with Gasteiger partial charge in [0.05, 0.1) is 0 Å². The standard InChI is InChI=1S/C24H46O4S5/c25-23(26)19-15-11-7-3-1-5-9-13-17-21-29-31-33-32-30-22-18-14-10-6-2-4-8-12-16-20-24(27)28/h1-22H2,(H,25,26)(H,27,28). The van der Waals surface area contributed by atoms with Crippen LogP contribution in [0.25, 0.3) is 0 Å². The maximum Gasteiger partial charge on any atom is 0.303 e. The molecule has 0 aromatic rings. The van der Waals surface area contributed by atoms with Crippen LogP contribution in [0.15, 0.2) is 0 Å². The zero-order valence-electron chi connectivity index (χ0n) is 20.3. The minimum atomic E-state index is -0.667. The molecule has 33 heavy (non-hydrogen) atoms. The van der Waals surface area contributed by atoms with Crippen LogP contribution in [0.4, 0.5) is 0 Å². The number of hydrogen-bond acceptors (Lipinski definition) is 7. The maximum atomic E-state index is 10.4. The molecule has 0 heterocycles. The van der Waals surface area contributed by atoms with Crippen molar-refractivity contribution in [2.75, 3.05) is 11.5 Å². The lowest BCUT2D eigenvalue weighted by Crippen LogP contribution is -1.93. The van der Waals surface area contributed by atoms with Crippen LogP contribution < -0.4 is 0 Å². The molecule has 0 aliphatic rings. The molecule has 0 aromatic carbocycles. The zero-order chi connectivity index (χ0) is 24.2. The summed E-state index contributed by atoms with van der Waals surface area (Å²) in [5.74, 6) is 1.16. The summed E-state index contributed by atoms with van der Waals surface area (Å²) in [7, 11) is 9.72. The molecular formula is C24H46O4S5. The van der Waals surface area contributed by atoms with Crippen LogP contribution in [0.1, 0.15) is 128 Å². The van der Waals surface area contributed by atoms with Gasteiger partial charge in [-0.2, -0.15) is 0 Å². The molecule has 2 N–H and O–H groups in total. The van der Waals surface area contributed by atoms with Crippen molar-refractivity contribution in [3.05, 3.63) is 0 Å². The van der Waals surface area contributed by atoms with Gasteiger partial charge in [0.1, 0.15) is 0 Å². The largest absolute Gasteiger partial charge is 0.481 e. The lowest BCUT2D eigenvalue weighted by molar-refractivity contribution is -0.138. The maximum absolute atomic E-state index is 10.4. The Kier molecular flexibility index (Phi) is 29.5. The zero-order valence-corrected chi connectivity index (χ0v) is 24.4. The quantitative estimate of drug-likeness (QED) is 0.0720. The molecule has 0 unspecified atom stereocenters. The number of carboxylic acid groups (broad SMARTS) is 2. The molecule has 0 amide bonds. The van der Waals surface area contributed by atoms with Gasteiger partial charge < -0.3 is 10.2 Å². The van der Waals surface area contributed by atoms with Crippen molar-refractivity contribution < 1.29 is 19.8 Å². The minimum absolute atomic E-state index is 0.326. The third-order valence-electron chi connectivity index (χ3n) is 5.39. The number of unbranched alkanes of at least 4 members (excludes halogenated alkanes) is 16. The van der Waals surface area contributed by atoms with Crippen molar-refractivity contribution in [2.45, 2.75) is 128 Å². The third kappa shape index (κ3) is 32.7. The first-order valence-corrected chi connectivity index (χ1v) is 19.3. The van der Waals surface area contributed by atoms with Crippen molar-refractivity contribution in [2.24, 2.45) is 0 Å². The molecule has 0 aliphatic heterocycles. The van der Waals surface area contributed by atoms with Gasteiger partial charge in [0.15, 0.2) is 0 Å². The molecule has 0 bridgehead atoms. The second-order valence-electron chi connectivity index (χ2n) is 8.50. The van der Waals surface area contributed by atoms with E-state index in [0.29, 0.717) is 12.8 Å². The van der Waals surface area contributed by atoms with Gasteiger partial charge in [-0.15, -0.1) is 0 Å². The number of hydrogen-bond donors (Lipinski definition) is 2. The second kappa shape index (κ2) is 28.9. The van der Waals surface area contributed by atoms with E-state index in [2.05, 4.69) is 0 Å². The number of carbonyl (C=O) groups is 2. The minimum Gasteiger partial charge on any atom is -0.481 e. The highest BCUT2D eigenvalue weighted by Gasteiger charge is 1.99. The third-order valence-corrected chi connectivity index (χ3v) is 14.2. The van der Waals surface area contributed by atoms with E-state index < -0.39 is 11.9 Å². The SMILES string of the molecule is O=C(O)CCCCCCCCCCCSSSSSCCCCCCCCCCCC(=O)O.